The van der Waals surface area contributed by atoms with Crippen LogP contribution in [0.25, 0.3) is 11.0 Å². The lowest BCUT2D eigenvalue weighted by molar-refractivity contribution is -0.138. The lowest BCUT2D eigenvalue weighted by Gasteiger charge is -2.17. The van der Waals surface area contributed by atoms with Crippen LogP contribution in [-0.2, 0) is 6.18 Å². The lowest BCUT2D eigenvalue weighted by Crippen LogP contribution is -2.17. The summed E-state index contributed by atoms with van der Waals surface area (Å²) in [6, 6.07) is 3.47. The third-order valence-corrected chi connectivity index (χ3v) is 3.86. The van der Waals surface area contributed by atoms with E-state index in [4.69, 9.17) is 5.73 Å². The van der Waals surface area contributed by atoms with Gasteiger partial charge in [0.05, 0.1) is 17.6 Å². The fourth-order valence-corrected chi connectivity index (χ4v) is 2.66. The number of halogens is 3. The van der Waals surface area contributed by atoms with Gasteiger partial charge in [0.1, 0.15) is 17.0 Å². The molecule has 3 aromatic heterocycles. The molecule has 4 N–H and O–H groups in total. The molecule has 0 radical (unpaired) electrons. The summed E-state index contributed by atoms with van der Waals surface area (Å²) in [4.78, 5) is 14.7. The molecule has 1 fully saturated rings. The molecule has 1 aliphatic rings. The van der Waals surface area contributed by atoms with E-state index in [1.165, 1.54) is 6.20 Å². The molecular formula is C15H13F3N6. The average molecular weight is 334 g/mol. The van der Waals surface area contributed by atoms with Gasteiger partial charge in [-0.3, -0.25) is 0 Å². The number of rotatable bonds is 3. The van der Waals surface area contributed by atoms with Gasteiger partial charge in [0.25, 0.3) is 0 Å². The van der Waals surface area contributed by atoms with Gasteiger partial charge in [0, 0.05) is 17.5 Å². The van der Waals surface area contributed by atoms with E-state index in [1.807, 2.05) is 0 Å². The fourth-order valence-electron chi connectivity index (χ4n) is 2.66. The summed E-state index contributed by atoms with van der Waals surface area (Å²) in [6.07, 6.45) is -0.0736. The molecule has 4 rings (SSSR count). The van der Waals surface area contributed by atoms with Gasteiger partial charge >= 0.3 is 6.18 Å². The highest BCUT2D eigenvalue weighted by Crippen LogP contribution is 2.47. The summed E-state index contributed by atoms with van der Waals surface area (Å²) in [5.41, 5.74) is 5.77. The van der Waals surface area contributed by atoms with Gasteiger partial charge in [0.15, 0.2) is 0 Å². The van der Waals surface area contributed by atoms with Crippen LogP contribution < -0.4 is 11.1 Å². The zero-order valence-corrected chi connectivity index (χ0v) is 12.4. The van der Waals surface area contributed by atoms with Crippen LogP contribution in [0.2, 0.25) is 0 Å². The number of nitrogens with zero attached hydrogens (tertiary/aromatic N) is 3. The summed E-state index contributed by atoms with van der Waals surface area (Å²) >= 11 is 0. The molecule has 1 aliphatic carbocycles. The number of alkyl halides is 3. The van der Waals surface area contributed by atoms with Crippen molar-refractivity contribution in [3.8, 4) is 0 Å². The van der Waals surface area contributed by atoms with E-state index < -0.39 is 11.7 Å². The Morgan fingerprint density at radius 3 is 2.75 bits per heavy atom. The number of H-pyrrole nitrogens is 1. The summed E-state index contributed by atoms with van der Waals surface area (Å²) < 4.78 is 40.7. The van der Waals surface area contributed by atoms with Crippen LogP contribution in [0.4, 0.5) is 30.6 Å². The molecule has 124 valence electrons. The zero-order chi connectivity index (χ0) is 16.9. The van der Waals surface area contributed by atoms with Crippen molar-refractivity contribution in [1.29, 1.82) is 0 Å². The van der Waals surface area contributed by atoms with Crippen LogP contribution in [0.1, 0.15) is 30.0 Å². The number of anilines is 3. The first kappa shape index (κ1) is 14.7. The van der Waals surface area contributed by atoms with Crippen molar-refractivity contribution in [2.24, 2.45) is 0 Å². The van der Waals surface area contributed by atoms with E-state index >= 15 is 0 Å². The molecule has 3 heterocycles. The third-order valence-electron chi connectivity index (χ3n) is 3.86. The quantitative estimate of drug-likeness (QED) is 0.681. The Hall–Kier alpha value is -2.84. The Bertz CT molecular complexity index is 913. The molecule has 9 heteroatoms. The number of aromatic amines is 1. The van der Waals surface area contributed by atoms with Crippen molar-refractivity contribution in [3.05, 3.63) is 35.8 Å². The number of nitrogen functional groups attached to an aromatic ring is 1. The van der Waals surface area contributed by atoms with Gasteiger partial charge in [-0.2, -0.15) is 18.2 Å². The molecule has 0 atom stereocenters. The number of fused-ring (bicyclic) bond motifs is 1. The monoisotopic (exact) mass is 334 g/mol. The number of hydrogen-bond donors (Lipinski definition) is 3. The van der Waals surface area contributed by atoms with Gasteiger partial charge < -0.3 is 16.0 Å². The van der Waals surface area contributed by atoms with Gasteiger partial charge in [0.2, 0.25) is 5.95 Å². The van der Waals surface area contributed by atoms with Crippen molar-refractivity contribution in [2.75, 3.05) is 11.1 Å². The Morgan fingerprint density at radius 2 is 2.04 bits per heavy atom. The standard InChI is InChI=1S/C15H13F3N6/c16-15(17,18)10-11(7-1-2-7)23-14(19)24-13(10)22-9-5-8-3-4-20-12(8)21-6-9/h3-7H,1-2H2,(H,20,21)(H3,19,22,23,24). The van der Waals surface area contributed by atoms with E-state index in [1.54, 1.807) is 18.3 Å². The largest absolute Gasteiger partial charge is 0.421 e. The minimum Gasteiger partial charge on any atom is -0.368 e. The minimum atomic E-state index is -4.57. The van der Waals surface area contributed by atoms with Gasteiger partial charge in [-0.1, -0.05) is 0 Å². The third kappa shape index (κ3) is 2.61. The van der Waals surface area contributed by atoms with E-state index in [0.717, 1.165) is 5.39 Å². The number of aromatic nitrogens is 4. The Labute approximate surface area is 134 Å². The van der Waals surface area contributed by atoms with Crippen molar-refractivity contribution >= 4 is 28.5 Å². The molecule has 6 nitrogen and oxygen atoms in total. The summed E-state index contributed by atoms with van der Waals surface area (Å²) in [6.45, 7) is 0. The van der Waals surface area contributed by atoms with Crippen LogP contribution in [0.3, 0.4) is 0 Å². The number of pyridine rings is 1. The first-order valence-corrected chi connectivity index (χ1v) is 7.36. The maximum absolute atomic E-state index is 13.6. The summed E-state index contributed by atoms with van der Waals surface area (Å²) in [5, 5.41) is 3.47. The molecule has 0 spiro atoms. The normalized spacial score (nSPS) is 15.0. The first-order chi connectivity index (χ1) is 11.4. The molecule has 0 saturated heterocycles. The van der Waals surface area contributed by atoms with E-state index in [-0.39, 0.29) is 23.4 Å². The number of nitrogens with one attached hydrogen (secondary N) is 2. The van der Waals surface area contributed by atoms with Crippen molar-refractivity contribution in [3.63, 3.8) is 0 Å². The highest BCUT2D eigenvalue weighted by molar-refractivity contribution is 5.80. The van der Waals surface area contributed by atoms with Crippen molar-refractivity contribution < 1.29 is 13.2 Å². The highest BCUT2D eigenvalue weighted by Gasteiger charge is 2.43. The molecular weight excluding hydrogens is 321 g/mol. The highest BCUT2D eigenvalue weighted by atomic mass is 19.4. The fraction of sp³-hybridized carbons (Fsp3) is 0.267. The van der Waals surface area contributed by atoms with Crippen LogP contribution >= 0.6 is 0 Å². The predicted octanol–water partition coefficient (Wildman–Crippen LogP) is 3.57. The molecule has 1 saturated carbocycles. The molecule has 0 aromatic carbocycles. The average Bonchev–Trinajstić information content (AvgIpc) is 3.24. The van der Waals surface area contributed by atoms with E-state index in [2.05, 4.69) is 25.3 Å². The van der Waals surface area contributed by atoms with E-state index in [9.17, 15) is 13.2 Å². The molecule has 0 aliphatic heterocycles. The second kappa shape index (κ2) is 5.08. The smallest absolute Gasteiger partial charge is 0.368 e. The van der Waals surface area contributed by atoms with E-state index in [0.29, 0.717) is 24.2 Å². The van der Waals surface area contributed by atoms with Crippen LogP contribution in [0, 0.1) is 0 Å². The lowest BCUT2D eigenvalue weighted by atomic mass is 10.1. The van der Waals surface area contributed by atoms with Crippen LogP contribution in [0.15, 0.2) is 24.5 Å². The Balaban J connectivity index is 1.81. The zero-order valence-electron chi connectivity index (χ0n) is 12.4. The second-order valence-corrected chi connectivity index (χ2v) is 5.73. The Morgan fingerprint density at radius 1 is 1.25 bits per heavy atom. The first-order valence-electron chi connectivity index (χ1n) is 7.36. The molecule has 0 bridgehead atoms. The summed E-state index contributed by atoms with van der Waals surface area (Å²) in [5.74, 6) is -0.727. The summed E-state index contributed by atoms with van der Waals surface area (Å²) in [7, 11) is 0. The van der Waals surface area contributed by atoms with Crippen LogP contribution in [0.5, 0.6) is 0 Å². The van der Waals surface area contributed by atoms with Gasteiger partial charge in [-0.05, 0) is 25.0 Å². The maximum atomic E-state index is 13.6. The van der Waals surface area contributed by atoms with Crippen molar-refractivity contribution in [1.82, 2.24) is 19.9 Å². The predicted molar refractivity (Wildman–Crippen MR) is 82.8 cm³/mol. The molecule has 24 heavy (non-hydrogen) atoms. The second-order valence-electron chi connectivity index (χ2n) is 5.73. The SMILES string of the molecule is Nc1nc(Nc2cnc3[nH]ccc3c2)c(C(F)(F)F)c(C2CC2)n1. The Kier molecular flexibility index (Phi) is 3.12. The number of hydrogen-bond acceptors (Lipinski definition) is 5. The molecule has 0 amide bonds. The van der Waals surface area contributed by atoms with Crippen LogP contribution in [-0.4, -0.2) is 19.9 Å². The molecule has 0 unspecified atom stereocenters. The topological polar surface area (TPSA) is 92.5 Å². The van der Waals surface area contributed by atoms with Gasteiger partial charge in [-0.15, -0.1) is 0 Å². The minimum absolute atomic E-state index is 0.0341. The molecule has 3 aromatic rings. The van der Waals surface area contributed by atoms with Crippen molar-refractivity contribution in [2.45, 2.75) is 24.9 Å². The van der Waals surface area contributed by atoms with Gasteiger partial charge in [-0.25, -0.2) is 9.97 Å². The maximum Gasteiger partial charge on any atom is 0.421 e. The number of nitrogens with two attached hydrogens (primary N) is 1.